The first-order valence-corrected chi connectivity index (χ1v) is 5.85. The molecule has 1 aromatic rings. The summed E-state index contributed by atoms with van der Waals surface area (Å²) in [4.78, 5) is 11.3. The van der Waals surface area contributed by atoms with Crippen molar-refractivity contribution in [2.24, 2.45) is 0 Å². The molecule has 18 heavy (non-hydrogen) atoms. The van der Waals surface area contributed by atoms with Crippen molar-refractivity contribution in [1.82, 2.24) is 0 Å². The average molecular weight is 252 g/mol. The van der Waals surface area contributed by atoms with E-state index < -0.39 is 0 Å². The molecule has 5 heteroatoms. The highest BCUT2D eigenvalue weighted by atomic mass is 16.5. The largest absolute Gasteiger partial charge is 0.398 e. The number of benzene rings is 1. The van der Waals surface area contributed by atoms with E-state index in [0.717, 1.165) is 5.69 Å². The maximum Gasteiger partial charge on any atom is 0.161 e. The number of nitrogen functional groups attached to an aromatic ring is 1. The summed E-state index contributed by atoms with van der Waals surface area (Å²) in [6.07, 6.45) is 0.586. The van der Waals surface area contributed by atoms with Gasteiger partial charge in [0.25, 0.3) is 0 Å². The van der Waals surface area contributed by atoms with E-state index in [2.05, 4.69) is 5.32 Å². The van der Waals surface area contributed by atoms with Crippen LogP contribution in [0.5, 0.6) is 0 Å². The monoisotopic (exact) mass is 252 g/mol. The standard InChI is InChI=1S/C13H20N2O3/c1-9(17)12-4-3-10(7-13(12)14)15-11(5-6-16)8-18-2/h3-4,7,11,15-16H,5-6,8,14H2,1-2H3. The Labute approximate surface area is 107 Å². The molecule has 1 aromatic carbocycles. The highest BCUT2D eigenvalue weighted by Crippen LogP contribution is 2.19. The maximum atomic E-state index is 11.3. The molecule has 0 aromatic heterocycles. The molecule has 4 N–H and O–H groups in total. The number of rotatable bonds is 7. The Morgan fingerprint density at radius 1 is 1.56 bits per heavy atom. The van der Waals surface area contributed by atoms with Crippen LogP contribution in [0.25, 0.3) is 0 Å². The predicted molar refractivity (Wildman–Crippen MR) is 71.8 cm³/mol. The van der Waals surface area contributed by atoms with E-state index in [0.29, 0.717) is 24.3 Å². The number of aliphatic hydroxyl groups excluding tert-OH is 1. The molecule has 0 radical (unpaired) electrons. The van der Waals surface area contributed by atoms with Crippen LogP contribution in [-0.4, -0.2) is 37.3 Å². The van der Waals surface area contributed by atoms with E-state index >= 15 is 0 Å². The van der Waals surface area contributed by atoms with Gasteiger partial charge in [-0.15, -0.1) is 0 Å². The topological polar surface area (TPSA) is 84.6 Å². The first kappa shape index (κ1) is 14.5. The Kier molecular flexibility index (Phi) is 5.61. The molecule has 0 fully saturated rings. The van der Waals surface area contributed by atoms with Crippen LogP contribution < -0.4 is 11.1 Å². The zero-order chi connectivity index (χ0) is 13.5. The zero-order valence-electron chi connectivity index (χ0n) is 10.8. The fourth-order valence-corrected chi connectivity index (χ4v) is 1.76. The molecule has 1 rings (SSSR count). The molecular formula is C13H20N2O3. The van der Waals surface area contributed by atoms with Gasteiger partial charge in [-0.2, -0.15) is 0 Å². The van der Waals surface area contributed by atoms with Gasteiger partial charge in [0.05, 0.1) is 12.6 Å². The lowest BCUT2D eigenvalue weighted by molar-refractivity contribution is 0.101. The van der Waals surface area contributed by atoms with Gasteiger partial charge in [0, 0.05) is 30.7 Å². The van der Waals surface area contributed by atoms with E-state index in [9.17, 15) is 4.79 Å². The number of hydrogen-bond acceptors (Lipinski definition) is 5. The molecule has 0 amide bonds. The van der Waals surface area contributed by atoms with Crippen molar-refractivity contribution in [2.75, 3.05) is 31.4 Å². The maximum absolute atomic E-state index is 11.3. The van der Waals surface area contributed by atoms with Gasteiger partial charge in [-0.25, -0.2) is 0 Å². The number of ketones is 1. The first-order chi connectivity index (χ1) is 8.58. The van der Waals surface area contributed by atoms with Crippen molar-refractivity contribution in [2.45, 2.75) is 19.4 Å². The second-order valence-electron chi connectivity index (χ2n) is 4.17. The van der Waals surface area contributed by atoms with Gasteiger partial charge in [0.1, 0.15) is 0 Å². The lowest BCUT2D eigenvalue weighted by Crippen LogP contribution is -2.26. The molecule has 5 nitrogen and oxygen atoms in total. The number of anilines is 2. The van der Waals surface area contributed by atoms with Crippen molar-refractivity contribution in [3.8, 4) is 0 Å². The second kappa shape index (κ2) is 6.98. The Bertz CT molecular complexity index is 401. The molecule has 0 saturated heterocycles. The van der Waals surface area contributed by atoms with Crippen LogP contribution in [0.4, 0.5) is 11.4 Å². The minimum absolute atomic E-state index is 0.0163. The van der Waals surface area contributed by atoms with E-state index in [-0.39, 0.29) is 18.4 Å². The summed E-state index contributed by atoms with van der Waals surface area (Å²) in [5, 5.41) is 12.2. The summed E-state index contributed by atoms with van der Waals surface area (Å²) in [6, 6.07) is 5.23. The fraction of sp³-hybridized carbons (Fsp3) is 0.462. The number of hydrogen-bond donors (Lipinski definition) is 3. The Hall–Kier alpha value is -1.59. The minimum atomic E-state index is -0.0529. The van der Waals surface area contributed by atoms with Gasteiger partial charge in [0.2, 0.25) is 0 Å². The number of Topliss-reactive ketones (excluding diaryl/α,β-unsaturated/α-hetero) is 1. The molecule has 0 saturated carbocycles. The van der Waals surface area contributed by atoms with E-state index in [1.54, 1.807) is 25.3 Å². The van der Waals surface area contributed by atoms with Gasteiger partial charge < -0.3 is 20.9 Å². The lowest BCUT2D eigenvalue weighted by atomic mass is 10.1. The molecule has 0 heterocycles. The summed E-state index contributed by atoms with van der Waals surface area (Å²) in [6.45, 7) is 2.06. The minimum Gasteiger partial charge on any atom is -0.398 e. The summed E-state index contributed by atoms with van der Waals surface area (Å²) in [5.41, 5.74) is 7.59. The molecular weight excluding hydrogens is 232 g/mol. The third-order valence-electron chi connectivity index (χ3n) is 2.65. The molecule has 0 spiro atoms. The normalized spacial score (nSPS) is 12.2. The lowest BCUT2D eigenvalue weighted by Gasteiger charge is -2.18. The van der Waals surface area contributed by atoms with Crippen molar-refractivity contribution in [3.63, 3.8) is 0 Å². The van der Waals surface area contributed by atoms with Crippen molar-refractivity contribution in [3.05, 3.63) is 23.8 Å². The molecule has 0 aliphatic carbocycles. The van der Waals surface area contributed by atoms with E-state index in [1.165, 1.54) is 6.92 Å². The molecule has 1 unspecified atom stereocenters. The van der Waals surface area contributed by atoms with Crippen molar-refractivity contribution < 1.29 is 14.6 Å². The highest BCUT2D eigenvalue weighted by Gasteiger charge is 2.10. The molecule has 0 aliphatic heterocycles. The number of aliphatic hydroxyl groups is 1. The molecule has 100 valence electrons. The van der Waals surface area contributed by atoms with Gasteiger partial charge in [-0.1, -0.05) is 0 Å². The van der Waals surface area contributed by atoms with Gasteiger partial charge >= 0.3 is 0 Å². The third-order valence-corrected chi connectivity index (χ3v) is 2.65. The van der Waals surface area contributed by atoms with Crippen molar-refractivity contribution >= 4 is 17.2 Å². The Balaban J connectivity index is 2.77. The number of methoxy groups -OCH3 is 1. The quantitative estimate of drug-likeness (QED) is 0.503. The van der Waals surface area contributed by atoms with Crippen LogP contribution >= 0.6 is 0 Å². The van der Waals surface area contributed by atoms with Crippen LogP contribution in [0.2, 0.25) is 0 Å². The predicted octanol–water partition coefficient (Wildman–Crippen LogP) is 1.28. The van der Waals surface area contributed by atoms with Crippen LogP contribution in [0.15, 0.2) is 18.2 Å². The second-order valence-corrected chi connectivity index (χ2v) is 4.17. The van der Waals surface area contributed by atoms with Crippen LogP contribution in [0, 0.1) is 0 Å². The number of carbonyl (C=O) groups is 1. The third kappa shape index (κ3) is 4.01. The van der Waals surface area contributed by atoms with E-state index in [1.807, 2.05) is 0 Å². The van der Waals surface area contributed by atoms with Crippen LogP contribution in [0.3, 0.4) is 0 Å². The van der Waals surface area contributed by atoms with E-state index in [4.69, 9.17) is 15.6 Å². The van der Waals surface area contributed by atoms with Crippen LogP contribution in [-0.2, 0) is 4.74 Å². The smallest absolute Gasteiger partial charge is 0.161 e. The molecule has 0 aliphatic rings. The van der Waals surface area contributed by atoms with Gasteiger partial charge in [-0.05, 0) is 31.5 Å². The van der Waals surface area contributed by atoms with Gasteiger partial charge in [0.15, 0.2) is 5.78 Å². The summed E-state index contributed by atoms with van der Waals surface area (Å²) in [7, 11) is 1.61. The average Bonchev–Trinajstić information content (AvgIpc) is 2.29. The Morgan fingerprint density at radius 2 is 2.28 bits per heavy atom. The summed E-state index contributed by atoms with van der Waals surface area (Å²) < 4.78 is 5.06. The summed E-state index contributed by atoms with van der Waals surface area (Å²) >= 11 is 0. The number of carbonyl (C=O) groups excluding carboxylic acids is 1. The molecule has 0 bridgehead atoms. The molecule has 1 atom stereocenters. The Morgan fingerprint density at radius 3 is 2.78 bits per heavy atom. The first-order valence-electron chi connectivity index (χ1n) is 5.85. The SMILES string of the molecule is COCC(CCO)Nc1ccc(C(C)=O)c(N)c1. The fourth-order valence-electron chi connectivity index (χ4n) is 1.76. The zero-order valence-corrected chi connectivity index (χ0v) is 10.8. The van der Waals surface area contributed by atoms with Crippen LogP contribution in [0.1, 0.15) is 23.7 Å². The number of nitrogens with two attached hydrogens (primary N) is 1. The number of nitrogens with one attached hydrogen (secondary N) is 1. The highest BCUT2D eigenvalue weighted by molar-refractivity contribution is 5.99. The summed E-state index contributed by atoms with van der Waals surface area (Å²) in [5.74, 6) is -0.0529. The van der Waals surface area contributed by atoms with Gasteiger partial charge in [-0.3, -0.25) is 4.79 Å². The number of ether oxygens (including phenoxy) is 1. The van der Waals surface area contributed by atoms with Crippen molar-refractivity contribution in [1.29, 1.82) is 0 Å².